The van der Waals surface area contributed by atoms with Crippen LogP contribution in [0.4, 0.5) is 0 Å². The zero-order valence-corrected chi connectivity index (χ0v) is 13.4. The number of hydrogen-bond donors (Lipinski definition) is 2. The number of amides is 1. The molecule has 3 N–H and O–H groups in total. The van der Waals surface area contributed by atoms with Gasteiger partial charge in [-0.2, -0.15) is 0 Å². The summed E-state index contributed by atoms with van der Waals surface area (Å²) in [7, 11) is 0. The molecule has 0 spiro atoms. The maximum Gasteiger partial charge on any atom is 0.237 e. The van der Waals surface area contributed by atoms with Crippen molar-refractivity contribution in [1.82, 2.24) is 10.2 Å². The van der Waals surface area contributed by atoms with Crippen molar-refractivity contribution in [2.45, 2.75) is 45.2 Å². The first-order valence-electron chi connectivity index (χ1n) is 6.85. The van der Waals surface area contributed by atoms with Gasteiger partial charge in [0.05, 0.1) is 6.04 Å². The lowest BCUT2D eigenvalue weighted by Gasteiger charge is -2.18. The highest BCUT2D eigenvalue weighted by Gasteiger charge is 2.34. The minimum Gasteiger partial charge on any atom is -0.354 e. The summed E-state index contributed by atoms with van der Waals surface area (Å²) in [5.74, 6) is 0.838. The van der Waals surface area contributed by atoms with E-state index in [1.54, 1.807) is 0 Å². The Balaban J connectivity index is 0.00000162. The first kappa shape index (κ1) is 19.0. The first-order chi connectivity index (χ1) is 8.08. The molecule has 0 aromatic heterocycles. The highest BCUT2D eigenvalue weighted by atomic mass is 35.5. The van der Waals surface area contributed by atoms with Gasteiger partial charge >= 0.3 is 0 Å². The Labute approximate surface area is 128 Å². The third-order valence-electron chi connectivity index (χ3n) is 3.97. The Morgan fingerprint density at radius 2 is 1.95 bits per heavy atom. The number of carbonyl (C=O) groups is 1. The van der Waals surface area contributed by atoms with Crippen LogP contribution in [-0.2, 0) is 4.79 Å². The average Bonchev–Trinajstić information content (AvgIpc) is 3.05. The molecule has 4 nitrogen and oxygen atoms in total. The van der Waals surface area contributed by atoms with Crippen LogP contribution in [0.25, 0.3) is 0 Å². The average molecular weight is 312 g/mol. The van der Waals surface area contributed by atoms with Crippen molar-refractivity contribution in [3.05, 3.63) is 0 Å². The van der Waals surface area contributed by atoms with Crippen LogP contribution in [0.2, 0.25) is 0 Å². The van der Waals surface area contributed by atoms with Crippen LogP contribution in [0.1, 0.15) is 33.1 Å². The molecule has 1 saturated carbocycles. The van der Waals surface area contributed by atoms with Gasteiger partial charge in [0.1, 0.15) is 0 Å². The molecule has 2 aliphatic rings. The number of nitrogens with zero attached hydrogens (tertiary/aromatic N) is 1. The molecule has 114 valence electrons. The summed E-state index contributed by atoms with van der Waals surface area (Å²) in [5, 5.41) is 2.99. The smallest absolute Gasteiger partial charge is 0.237 e. The molecule has 0 bridgehead atoms. The van der Waals surface area contributed by atoms with Gasteiger partial charge in [0, 0.05) is 19.1 Å². The second-order valence-corrected chi connectivity index (χ2v) is 5.90. The van der Waals surface area contributed by atoms with Crippen LogP contribution in [-0.4, -0.2) is 42.5 Å². The summed E-state index contributed by atoms with van der Waals surface area (Å²) in [6, 6.07) is 0.490. The molecule has 2 rings (SSSR count). The Morgan fingerprint density at radius 1 is 1.32 bits per heavy atom. The minimum absolute atomic E-state index is 0. The van der Waals surface area contributed by atoms with Crippen LogP contribution in [0.5, 0.6) is 0 Å². The Bertz CT molecular complexity index is 285. The number of halogens is 2. The largest absolute Gasteiger partial charge is 0.354 e. The van der Waals surface area contributed by atoms with Gasteiger partial charge < -0.3 is 16.0 Å². The van der Waals surface area contributed by atoms with E-state index in [-0.39, 0.29) is 42.7 Å². The molecule has 1 saturated heterocycles. The van der Waals surface area contributed by atoms with E-state index in [0.29, 0.717) is 5.92 Å². The number of likely N-dealkylation sites (tertiary alicyclic amines) is 1. The fraction of sp³-hybridized carbons (Fsp3) is 0.923. The fourth-order valence-electron chi connectivity index (χ4n) is 2.47. The van der Waals surface area contributed by atoms with Crippen molar-refractivity contribution in [1.29, 1.82) is 0 Å². The van der Waals surface area contributed by atoms with Crippen LogP contribution >= 0.6 is 24.8 Å². The van der Waals surface area contributed by atoms with E-state index in [9.17, 15) is 4.79 Å². The zero-order valence-electron chi connectivity index (χ0n) is 11.8. The molecule has 1 amide bonds. The van der Waals surface area contributed by atoms with Gasteiger partial charge in [-0.3, -0.25) is 4.79 Å². The monoisotopic (exact) mass is 311 g/mol. The second-order valence-electron chi connectivity index (χ2n) is 5.90. The third-order valence-corrected chi connectivity index (χ3v) is 3.97. The molecule has 19 heavy (non-hydrogen) atoms. The van der Waals surface area contributed by atoms with Gasteiger partial charge in [-0.1, -0.05) is 13.8 Å². The maximum atomic E-state index is 11.7. The number of nitrogens with two attached hydrogens (primary N) is 1. The highest BCUT2D eigenvalue weighted by molar-refractivity contribution is 5.85. The van der Waals surface area contributed by atoms with Gasteiger partial charge in [0.2, 0.25) is 5.91 Å². The van der Waals surface area contributed by atoms with Gasteiger partial charge in [0.25, 0.3) is 0 Å². The summed E-state index contributed by atoms with van der Waals surface area (Å²) in [4.78, 5) is 14.3. The lowest BCUT2D eigenvalue weighted by molar-refractivity contribution is -0.123. The van der Waals surface area contributed by atoms with E-state index >= 15 is 0 Å². The summed E-state index contributed by atoms with van der Waals surface area (Å²) < 4.78 is 0. The molecular weight excluding hydrogens is 285 g/mol. The molecule has 2 fully saturated rings. The first-order valence-corrected chi connectivity index (χ1v) is 6.85. The van der Waals surface area contributed by atoms with Gasteiger partial charge in [-0.25, -0.2) is 0 Å². The third kappa shape index (κ3) is 5.46. The van der Waals surface area contributed by atoms with Crippen molar-refractivity contribution >= 4 is 30.7 Å². The standard InChI is InChI=1S/C13H25N3O.2ClH/c1-9(2)12(14)13(17)15-7-10-5-6-16(8-10)11-3-4-11;;/h9-12H,3-8,14H2,1-2H3,(H,15,17);2*1H/t10?,12-;;/m1../s1. The second kappa shape index (κ2) is 8.30. The highest BCUT2D eigenvalue weighted by Crippen LogP contribution is 2.31. The number of hydrogen-bond acceptors (Lipinski definition) is 3. The summed E-state index contributed by atoms with van der Waals surface area (Å²) in [5.41, 5.74) is 5.81. The number of carbonyl (C=O) groups excluding carboxylic acids is 1. The van der Waals surface area contributed by atoms with Crippen molar-refractivity contribution in [2.75, 3.05) is 19.6 Å². The summed E-state index contributed by atoms with van der Waals surface area (Å²) >= 11 is 0. The van der Waals surface area contributed by atoms with Crippen LogP contribution in [0.15, 0.2) is 0 Å². The summed E-state index contributed by atoms with van der Waals surface area (Å²) in [6.07, 6.45) is 3.96. The molecule has 1 aliphatic heterocycles. The normalized spacial score (nSPS) is 24.5. The fourth-order valence-corrected chi connectivity index (χ4v) is 2.47. The Morgan fingerprint density at radius 3 is 2.47 bits per heavy atom. The van der Waals surface area contributed by atoms with E-state index in [2.05, 4.69) is 10.2 Å². The number of nitrogens with one attached hydrogen (secondary N) is 1. The minimum atomic E-state index is -0.365. The van der Waals surface area contributed by atoms with Crippen LogP contribution in [0, 0.1) is 11.8 Å². The van der Waals surface area contributed by atoms with E-state index in [1.807, 2.05) is 13.8 Å². The SMILES string of the molecule is CC(C)[C@@H](N)C(=O)NCC1CCN(C2CC2)C1.Cl.Cl. The van der Waals surface area contributed by atoms with E-state index in [1.165, 1.54) is 25.8 Å². The molecule has 1 unspecified atom stereocenters. The van der Waals surface area contributed by atoms with Crippen LogP contribution in [0.3, 0.4) is 0 Å². The predicted octanol–water partition coefficient (Wildman–Crippen LogP) is 1.41. The molecule has 0 aromatic carbocycles. The predicted molar refractivity (Wildman–Crippen MR) is 83.0 cm³/mol. The summed E-state index contributed by atoms with van der Waals surface area (Å²) in [6.45, 7) is 7.12. The van der Waals surface area contributed by atoms with Gasteiger partial charge in [-0.15, -0.1) is 24.8 Å². The molecular formula is C13H27Cl2N3O. The van der Waals surface area contributed by atoms with Gasteiger partial charge in [0.15, 0.2) is 0 Å². The van der Waals surface area contributed by atoms with E-state index < -0.39 is 0 Å². The van der Waals surface area contributed by atoms with Crippen molar-refractivity contribution in [3.63, 3.8) is 0 Å². The molecule has 6 heteroatoms. The van der Waals surface area contributed by atoms with Crippen molar-refractivity contribution in [3.8, 4) is 0 Å². The topological polar surface area (TPSA) is 58.4 Å². The van der Waals surface area contributed by atoms with Crippen LogP contribution < -0.4 is 11.1 Å². The Kier molecular flexibility index (Phi) is 8.29. The molecule has 1 heterocycles. The lowest BCUT2D eigenvalue weighted by atomic mass is 10.0. The van der Waals surface area contributed by atoms with Crippen molar-refractivity contribution < 1.29 is 4.79 Å². The molecule has 0 radical (unpaired) electrons. The number of rotatable bonds is 5. The maximum absolute atomic E-state index is 11.7. The quantitative estimate of drug-likeness (QED) is 0.807. The Hall–Kier alpha value is -0.0300. The van der Waals surface area contributed by atoms with Crippen molar-refractivity contribution in [2.24, 2.45) is 17.6 Å². The molecule has 1 aliphatic carbocycles. The molecule has 2 atom stereocenters. The van der Waals surface area contributed by atoms with E-state index in [0.717, 1.165) is 19.1 Å². The molecule has 0 aromatic rings. The van der Waals surface area contributed by atoms with E-state index in [4.69, 9.17) is 5.73 Å². The lowest BCUT2D eigenvalue weighted by Crippen LogP contribution is -2.45. The van der Waals surface area contributed by atoms with Gasteiger partial charge in [-0.05, 0) is 37.6 Å². The zero-order chi connectivity index (χ0) is 12.4.